The first-order valence-electron chi connectivity index (χ1n) is 3.69. The fourth-order valence-corrected chi connectivity index (χ4v) is 1.62. The number of carbonyl (C=O) groups is 1. The van der Waals surface area contributed by atoms with Crippen molar-refractivity contribution in [3.63, 3.8) is 0 Å². The van der Waals surface area contributed by atoms with Crippen LogP contribution in [0.2, 0.25) is 0 Å². The van der Waals surface area contributed by atoms with Crippen LogP contribution in [-0.2, 0) is 4.79 Å². The lowest BCUT2D eigenvalue weighted by Gasteiger charge is -2.26. The van der Waals surface area contributed by atoms with Crippen LogP contribution >= 0.6 is 0 Å². The zero-order chi connectivity index (χ0) is 7.19. The Morgan fingerprint density at radius 2 is 2.30 bits per heavy atom. The maximum absolute atomic E-state index is 10.9. The second kappa shape index (κ2) is 1.72. The van der Waals surface area contributed by atoms with Gasteiger partial charge in [-0.25, -0.2) is 0 Å². The Bertz CT molecular complexity index is 174. The lowest BCUT2D eigenvalue weighted by Crippen LogP contribution is -2.46. The van der Waals surface area contributed by atoms with Gasteiger partial charge in [0.15, 0.2) is 0 Å². The van der Waals surface area contributed by atoms with Crippen LogP contribution in [0.25, 0.3) is 0 Å². The summed E-state index contributed by atoms with van der Waals surface area (Å²) in [5.74, 6) is 0.0104. The van der Waals surface area contributed by atoms with Crippen LogP contribution in [0.4, 0.5) is 0 Å². The normalized spacial score (nSPS) is 35.7. The Hall–Kier alpha value is -0.570. The molecule has 0 radical (unpaired) electrons. The van der Waals surface area contributed by atoms with Crippen molar-refractivity contribution in [2.45, 2.75) is 37.3 Å². The van der Waals surface area contributed by atoms with E-state index in [1.807, 2.05) is 0 Å². The first-order valence-corrected chi connectivity index (χ1v) is 3.69. The molecule has 1 saturated heterocycles. The van der Waals surface area contributed by atoms with Crippen molar-refractivity contribution in [1.82, 2.24) is 5.32 Å². The fraction of sp³-hybridized carbons (Fsp3) is 0.857. The van der Waals surface area contributed by atoms with Crippen molar-refractivity contribution in [2.24, 2.45) is 0 Å². The number of hydrogen-bond donors (Lipinski definition) is 2. The molecule has 1 saturated carbocycles. The molecule has 1 amide bonds. The van der Waals surface area contributed by atoms with Gasteiger partial charge in [0.25, 0.3) is 0 Å². The quantitative estimate of drug-likeness (QED) is 0.490. The standard InChI is InChI=1S/C7H11NO2/c9-5-3-6(10)8-7(4-5)1-2-7/h5,9H,1-4H2,(H,8,10)/t5-/m0/s1. The first kappa shape index (κ1) is 6.16. The zero-order valence-electron chi connectivity index (χ0n) is 5.76. The van der Waals surface area contributed by atoms with Crippen LogP contribution < -0.4 is 5.32 Å². The average molecular weight is 141 g/mol. The Morgan fingerprint density at radius 3 is 2.80 bits per heavy atom. The van der Waals surface area contributed by atoms with Crippen LogP contribution in [0, 0.1) is 0 Å². The Morgan fingerprint density at radius 1 is 1.60 bits per heavy atom. The van der Waals surface area contributed by atoms with Crippen LogP contribution in [0.5, 0.6) is 0 Å². The minimum Gasteiger partial charge on any atom is -0.393 e. The molecule has 2 aliphatic rings. The van der Waals surface area contributed by atoms with E-state index in [4.69, 9.17) is 0 Å². The lowest BCUT2D eigenvalue weighted by atomic mass is 10.00. The van der Waals surface area contributed by atoms with Crippen LogP contribution in [0.3, 0.4) is 0 Å². The highest BCUT2D eigenvalue weighted by atomic mass is 16.3. The maximum Gasteiger partial charge on any atom is 0.223 e. The molecule has 1 atom stereocenters. The third-order valence-corrected chi connectivity index (χ3v) is 2.31. The molecule has 3 nitrogen and oxygen atoms in total. The second-order valence-electron chi connectivity index (χ2n) is 3.39. The van der Waals surface area contributed by atoms with Gasteiger partial charge in [-0.05, 0) is 19.3 Å². The van der Waals surface area contributed by atoms with E-state index < -0.39 is 6.10 Å². The number of aliphatic hydroxyl groups excluding tert-OH is 1. The molecule has 2 rings (SSSR count). The first-order chi connectivity index (χ1) is 4.70. The molecule has 0 aromatic carbocycles. The summed E-state index contributed by atoms with van der Waals surface area (Å²) in [4.78, 5) is 10.9. The average Bonchev–Trinajstić information content (AvgIpc) is 2.44. The SMILES string of the molecule is O=C1C[C@H](O)CC2(CC2)N1. The molecule has 0 aromatic rings. The van der Waals surface area contributed by atoms with E-state index in [0.717, 1.165) is 19.3 Å². The number of amides is 1. The highest BCUT2D eigenvalue weighted by molar-refractivity contribution is 5.78. The summed E-state index contributed by atoms with van der Waals surface area (Å²) in [5, 5.41) is 12.1. The topological polar surface area (TPSA) is 49.3 Å². The number of hydrogen-bond acceptors (Lipinski definition) is 2. The van der Waals surface area contributed by atoms with E-state index in [2.05, 4.69) is 5.32 Å². The largest absolute Gasteiger partial charge is 0.393 e. The molecular weight excluding hydrogens is 130 g/mol. The molecule has 0 aromatic heterocycles. The van der Waals surface area contributed by atoms with E-state index in [9.17, 15) is 9.90 Å². The molecule has 10 heavy (non-hydrogen) atoms. The van der Waals surface area contributed by atoms with Crippen molar-refractivity contribution >= 4 is 5.91 Å². The predicted molar refractivity (Wildman–Crippen MR) is 35.3 cm³/mol. The van der Waals surface area contributed by atoms with Crippen molar-refractivity contribution in [3.05, 3.63) is 0 Å². The molecule has 0 unspecified atom stereocenters. The van der Waals surface area contributed by atoms with E-state index in [-0.39, 0.29) is 11.4 Å². The maximum atomic E-state index is 10.9. The van der Waals surface area contributed by atoms with Gasteiger partial charge in [-0.2, -0.15) is 0 Å². The molecule has 1 heterocycles. The summed E-state index contributed by atoms with van der Waals surface area (Å²) < 4.78 is 0. The number of piperidine rings is 1. The van der Waals surface area contributed by atoms with Gasteiger partial charge in [0.1, 0.15) is 0 Å². The van der Waals surface area contributed by atoms with Gasteiger partial charge >= 0.3 is 0 Å². The molecule has 1 aliphatic heterocycles. The predicted octanol–water partition coefficient (Wildman–Crippen LogP) is -0.210. The third kappa shape index (κ3) is 0.904. The van der Waals surface area contributed by atoms with Crippen LogP contribution in [0.15, 0.2) is 0 Å². The molecule has 2 fully saturated rings. The molecule has 3 heteroatoms. The molecule has 0 bridgehead atoms. The molecular formula is C7H11NO2. The molecule has 1 spiro atoms. The minimum atomic E-state index is -0.392. The van der Waals surface area contributed by atoms with Crippen molar-refractivity contribution in [1.29, 1.82) is 0 Å². The molecule has 56 valence electrons. The van der Waals surface area contributed by atoms with Gasteiger partial charge in [0, 0.05) is 5.54 Å². The van der Waals surface area contributed by atoms with Gasteiger partial charge in [0.05, 0.1) is 12.5 Å². The molecule has 1 aliphatic carbocycles. The van der Waals surface area contributed by atoms with Gasteiger partial charge in [-0.15, -0.1) is 0 Å². The van der Waals surface area contributed by atoms with Gasteiger partial charge in [0.2, 0.25) is 5.91 Å². The zero-order valence-corrected chi connectivity index (χ0v) is 5.76. The molecule has 2 N–H and O–H groups in total. The van der Waals surface area contributed by atoms with Crippen molar-refractivity contribution in [2.75, 3.05) is 0 Å². The summed E-state index contributed by atoms with van der Waals surface area (Å²) in [6.07, 6.45) is 2.77. The summed E-state index contributed by atoms with van der Waals surface area (Å²) in [7, 11) is 0. The smallest absolute Gasteiger partial charge is 0.223 e. The number of aliphatic hydroxyl groups is 1. The number of carbonyl (C=O) groups excluding carboxylic acids is 1. The van der Waals surface area contributed by atoms with Crippen LogP contribution in [0.1, 0.15) is 25.7 Å². The van der Waals surface area contributed by atoms with Gasteiger partial charge < -0.3 is 10.4 Å². The monoisotopic (exact) mass is 141 g/mol. The lowest BCUT2D eigenvalue weighted by molar-refractivity contribution is -0.126. The summed E-state index contributed by atoms with van der Waals surface area (Å²) in [6, 6.07) is 0. The van der Waals surface area contributed by atoms with E-state index in [0.29, 0.717) is 6.42 Å². The highest BCUT2D eigenvalue weighted by Crippen LogP contribution is 2.42. The van der Waals surface area contributed by atoms with Gasteiger partial charge in [-0.3, -0.25) is 4.79 Å². The number of nitrogens with one attached hydrogen (secondary N) is 1. The summed E-state index contributed by atoms with van der Waals surface area (Å²) >= 11 is 0. The minimum absolute atomic E-state index is 0.0104. The van der Waals surface area contributed by atoms with Gasteiger partial charge in [-0.1, -0.05) is 0 Å². The summed E-state index contributed by atoms with van der Waals surface area (Å²) in [5.41, 5.74) is 0.0226. The summed E-state index contributed by atoms with van der Waals surface area (Å²) in [6.45, 7) is 0. The van der Waals surface area contributed by atoms with E-state index in [1.165, 1.54) is 0 Å². The third-order valence-electron chi connectivity index (χ3n) is 2.31. The van der Waals surface area contributed by atoms with Crippen molar-refractivity contribution < 1.29 is 9.90 Å². The van der Waals surface area contributed by atoms with E-state index >= 15 is 0 Å². The van der Waals surface area contributed by atoms with Crippen LogP contribution in [-0.4, -0.2) is 22.7 Å². The highest BCUT2D eigenvalue weighted by Gasteiger charge is 2.48. The Kier molecular flexibility index (Phi) is 1.06. The van der Waals surface area contributed by atoms with Crippen molar-refractivity contribution in [3.8, 4) is 0 Å². The fourth-order valence-electron chi connectivity index (χ4n) is 1.62. The van der Waals surface area contributed by atoms with E-state index in [1.54, 1.807) is 0 Å². The Balaban J connectivity index is 2.07. The number of rotatable bonds is 0. The Labute approximate surface area is 59.4 Å². The second-order valence-corrected chi connectivity index (χ2v) is 3.39.